The van der Waals surface area contributed by atoms with Gasteiger partial charge in [0.05, 0.1) is 22.6 Å². The summed E-state index contributed by atoms with van der Waals surface area (Å²) in [6.45, 7) is 6.10. The van der Waals surface area contributed by atoms with E-state index < -0.39 is 0 Å². The highest BCUT2D eigenvalue weighted by molar-refractivity contribution is 6.07. The molecular formula is C23H22Cl2N6O. The number of nitrogens with one attached hydrogen (secondary N) is 1. The van der Waals surface area contributed by atoms with Crippen LogP contribution in [0, 0.1) is 0 Å². The fraction of sp³-hybridized carbons (Fsp3) is 0.130. The molecule has 0 unspecified atom stereocenters. The number of hydrogen-bond donors (Lipinski definition) is 2. The molecule has 0 bridgehead atoms. The van der Waals surface area contributed by atoms with Gasteiger partial charge in [0.1, 0.15) is 17.8 Å². The molecular weight excluding hydrogens is 447 g/mol. The first-order valence-corrected chi connectivity index (χ1v) is 9.66. The van der Waals surface area contributed by atoms with E-state index in [1.807, 2.05) is 37.4 Å². The maximum atomic E-state index is 11.8. The zero-order valence-corrected chi connectivity index (χ0v) is 18.9. The summed E-state index contributed by atoms with van der Waals surface area (Å²) in [7, 11) is 0. The standard InChI is InChI=1S/C23H20N6O.2ClH/c1-3-18(30)28-16-8-13(2)21-19(15-9-14-6-4-5-7-17(14)25-10-15)20-22(24)26-12-27-23(20)29(21)11-16;;/h3-10,12,16H,1,11H2,2H3,(H,28,30)(H2,24,26,27);2*1H/t16-;;/m0../s1. The highest BCUT2D eigenvalue weighted by Crippen LogP contribution is 2.41. The third-order valence-electron chi connectivity index (χ3n) is 5.47. The lowest BCUT2D eigenvalue weighted by Gasteiger charge is -2.24. The van der Waals surface area contributed by atoms with Crippen LogP contribution >= 0.6 is 24.8 Å². The molecule has 4 aromatic rings. The third-order valence-corrected chi connectivity index (χ3v) is 5.47. The Bertz CT molecular complexity index is 1380. The van der Waals surface area contributed by atoms with Crippen molar-refractivity contribution >= 4 is 64.0 Å². The van der Waals surface area contributed by atoms with Gasteiger partial charge in [-0.1, -0.05) is 30.9 Å². The Kier molecular flexibility index (Phi) is 6.52. The maximum absolute atomic E-state index is 11.8. The Morgan fingerprint density at radius 1 is 1.25 bits per heavy atom. The summed E-state index contributed by atoms with van der Waals surface area (Å²) in [6, 6.07) is 9.94. The minimum absolute atomic E-state index is 0. The lowest BCUT2D eigenvalue weighted by atomic mass is 9.97. The molecule has 1 amide bonds. The second-order valence-corrected chi connectivity index (χ2v) is 7.38. The molecule has 3 N–H and O–H groups in total. The van der Waals surface area contributed by atoms with Crippen LogP contribution < -0.4 is 11.1 Å². The Hall–Kier alpha value is -3.42. The molecule has 0 fully saturated rings. The second-order valence-electron chi connectivity index (χ2n) is 7.38. The van der Waals surface area contributed by atoms with Crippen LogP contribution in [-0.4, -0.2) is 31.5 Å². The number of carbonyl (C=O) groups excluding carboxylic acids is 1. The third kappa shape index (κ3) is 3.70. The van der Waals surface area contributed by atoms with Gasteiger partial charge in [-0.2, -0.15) is 0 Å². The number of anilines is 1. The van der Waals surface area contributed by atoms with Gasteiger partial charge in [-0.05, 0) is 30.7 Å². The number of pyridine rings is 1. The Morgan fingerprint density at radius 2 is 2.03 bits per heavy atom. The Morgan fingerprint density at radius 3 is 2.81 bits per heavy atom. The zero-order valence-electron chi connectivity index (χ0n) is 17.3. The van der Waals surface area contributed by atoms with E-state index in [2.05, 4.69) is 43.6 Å². The number of amides is 1. The number of nitrogens with two attached hydrogens (primary N) is 1. The summed E-state index contributed by atoms with van der Waals surface area (Å²) < 4.78 is 2.10. The Labute approximate surface area is 197 Å². The van der Waals surface area contributed by atoms with Crippen molar-refractivity contribution in [1.29, 1.82) is 0 Å². The van der Waals surface area contributed by atoms with E-state index in [0.717, 1.165) is 44.3 Å². The molecule has 4 heterocycles. The van der Waals surface area contributed by atoms with Crippen LogP contribution in [0.25, 0.3) is 38.6 Å². The molecule has 9 heteroatoms. The minimum atomic E-state index is -0.211. The molecule has 1 aliphatic rings. The van der Waals surface area contributed by atoms with Gasteiger partial charge in [-0.3, -0.25) is 9.78 Å². The first-order chi connectivity index (χ1) is 14.6. The van der Waals surface area contributed by atoms with Crippen molar-refractivity contribution in [2.24, 2.45) is 0 Å². The molecule has 0 radical (unpaired) electrons. The average molecular weight is 469 g/mol. The van der Waals surface area contributed by atoms with Crippen LogP contribution in [-0.2, 0) is 11.3 Å². The van der Waals surface area contributed by atoms with Gasteiger partial charge in [0, 0.05) is 29.3 Å². The number of rotatable bonds is 3. The maximum Gasteiger partial charge on any atom is 0.243 e. The van der Waals surface area contributed by atoms with Crippen molar-refractivity contribution in [3.63, 3.8) is 0 Å². The van der Waals surface area contributed by atoms with Gasteiger partial charge in [-0.25, -0.2) is 9.97 Å². The van der Waals surface area contributed by atoms with Gasteiger partial charge in [0.15, 0.2) is 0 Å². The molecule has 1 aromatic carbocycles. The minimum Gasteiger partial charge on any atom is -0.383 e. The summed E-state index contributed by atoms with van der Waals surface area (Å²) in [5.74, 6) is 0.210. The highest BCUT2D eigenvalue weighted by Gasteiger charge is 2.28. The van der Waals surface area contributed by atoms with Gasteiger partial charge in [-0.15, -0.1) is 24.8 Å². The molecule has 0 spiro atoms. The van der Waals surface area contributed by atoms with Crippen LogP contribution in [0.2, 0.25) is 0 Å². The lowest BCUT2D eigenvalue weighted by molar-refractivity contribution is -0.116. The number of hydrogen-bond acceptors (Lipinski definition) is 5. The number of allylic oxidation sites excluding steroid dienone is 1. The van der Waals surface area contributed by atoms with Crippen molar-refractivity contribution in [2.75, 3.05) is 5.73 Å². The van der Waals surface area contributed by atoms with E-state index in [1.165, 1.54) is 12.4 Å². The molecule has 32 heavy (non-hydrogen) atoms. The average Bonchev–Trinajstić information content (AvgIpc) is 3.09. The van der Waals surface area contributed by atoms with Crippen molar-refractivity contribution in [2.45, 2.75) is 19.5 Å². The predicted octanol–water partition coefficient (Wildman–Crippen LogP) is 4.16. The Balaban J connectivity index is 0.00000144. The summed E-state index contributed by atoms with van der Waals surface area (Å²) in [6.07, 6.45) is 6.66. The van der Waals surface area contributed by atoms with E-state index in [-0.39, 0.29) is 36.8 Å². The number of fused-ring (bicyclic) bond motifs is 4. The predicted molar refractivity (Wildman–Crippen MR) is 133 cm³/mol. The molecule has 7 nitrogen and oxygen atoms in total. The summed E-state index contributed by atoms with van der Waals surface area (Å²) >= 11 is 0. The normalized spacial score (nSPS) is 14.7. The summed E-state index contributed by atoms with van der Waals surface area (Å²) in [4.78, 5) is 25.2. The van der Waals surface area contributed by atoms with Crippen LogP contribution in [0.3, 0.4) is 0 Å². The van der Waals surface area contributed by atoms with Crippen LogP contribution in [0.1, 0.15) is 12.6 Å². The molecule has 1 atom stereocenters. The van der Waals surface area contributed by atoms with E-state index in [9.17, 15) is 4.79 Å². The SMILES string of the molecule is C=CC(=O)N[C@H]1C=C(C)c2c(-c3cnc4ccccc4c3)c3c(N)ncnc3n2C1.Cl.Cl. The molecule has 0 saturated heterocycles. The van der Waals surface area contributed by atoms with Crippen LogP contribution in [0.5, 0.6) is 0 Å². The van der Waals surface area contributed by atoms with Gasteiger partial charge in [0.25, 0.3) is 0 Å². The van der Waals surface area contributed by atoms with E-state index in [0.29, 0.717) is 12.4 Å². The molecule has 164 valence electrons. The first-order valence-electron chi connectivity index (χ1n) is 9.66. The van der Waals surface area contributed by atoms with Gasteiger partial charge >= 0.3 is 0 Å². The number of halogens is 2. The van der Waals surface area contributed by atoms with Crippen molar-refractivity contribution in [1.82, 2.24) is 24.8 Å². The van der Waals surface area contributed by atoms with E-state index in [4.69, 9.17) is 5.73 Å². The molecule has 3 aromatic heterocycles. The monoisotopic (exact) mass is 468 g/mol. The van der Waals surface area contributed by atoms with E-state index >= 15 is 0 Å². The van der Waals surface area contributed by atoms with E-state index in [1.54, 1.807) is 0 Å². The highest BCUT2D eigenvalue weighted by atomic mass is 35.5. The fourth-order valence-electron chi connectivity index (χ4n) is 4.23. The summed E-state index contributed by atoms with van der Waals surface area (Å²) in [5, 5.41) is 4.80. The molecule has 0 aliphatic carbocycles. The number of aromatic nitrogens is 4. The molecule has 1 aliphatic heterocycles. The zero-order chi connectivity index (χ0) is 20.8. The number of para-hydroxylation sites is 1. The topological polar surface area (TPSA) is 98.7 Å². The fourth-order valence-corrected chi connectivity index (χ4v) is 4.23. The number of carbonyl (C=O) groups is 1. The van der Waals surface area contributed by atoms with Crippen molar-refractivity contribution in [3.8, 4) is 11.1 Å². The van der Waals surface area contributed by atoms with Crippen molar-refractivity contribution in [3.05, 3.63) is 67.3 Å². The van der Waals surface area contributed by atoms with Gasteiger partial charge in [0.2, 0.25) is 5.91 Å². The quantitative estimate of drug-likeness (QED) is 0.439. The molecule has 0 saturated carbocycles. The lowest BCUT2D eigenvalue weighted by Crippen LogP contribution is -2.37. The first kappa shape index (κ1) is 23.2. The van der Waals surface area contributed by atoms with Crippen molar-refractivity contribution < 1.29 is 4.79 Å². The molecule has 5 rings (SSSR count). The second kappa shape index (κ2) is 8.98. The van der Waals surface area contributed by atoms with Crippen LogP contribution in [0.4, 0.5) is 5.82 Å². The summed E-state index contributed by atoms with van der Waals surface area (Å²) in [5.41, 5.74) is 11.9. The van der Waals surface area contributed by atoms with Crippen LogP contribution in [0.15, 0.2) is 61.6 Å². The number of nitrogen functional groups attached to an aromatic ring is 1. The smallest absolute Gasteiger partial charge is 0.243 e. The largest absolute Gasteiger partial charge is 0.383 e. The van der Waals surface area contributed by atoms with Gasteiger partial charge < -0.3 is 15.6 Å². The number of benzene rings is 1. The number of nitrogens with zero attached hydrogens (tertiary/aromatic N) is 4.